The number of nitrogens with one attached hydrogen (secondary N) is 3. The van der Waals surface area contributed by atoms with E-state index in [0.29, 0.717) is 30.2 Å². The van der Waals surface area contributed by atoms with Gasteiger partial charge in [0.2, 0.25) is 11.8 Å². The second-order valence-corrected chi connectivity index (χ2v) is 8.27. The minimum absolute atomic E-state index is 0.00227. The van der Waals surface area contributed by atoms with E-state index in [2.05, 4.69) is 20.6 Å². The number of imidazole rings is 1. The molecule has 0 saturated carbocycles. The Balaban J connectivity index is 1.34. The zero-order valence-electron chi connectivity index (χ0n) is 20.0. The van der Waals surface area contributed by atoms with Gasteiger partial charge in [-0.2, -0.15) is 0 Å². The van der Waals surface area contributed by atoms with E-state index < -0.39 is 11.9 Å². The predicted molar refractivity (Wildman–Crippen MR) is 136 cm³/mol. The second-order valence-electron chi connectivity index (χ2n) is 8.27. The summed E-state index contributed by atoms with van der Waals surface area (Å²) in [6.45, 7) is 0.312. The number of rotatable bonds is 12. The Morgan fingerprint density at radius 2 is 1.65 bits per heavy atom. The van der Waals surface area contributed by atoms with Crippen LogP contribution in [0.2, 0.25) is 0 Å². The van der Waals surface area contributed by atoms with Crippen molar-refractivity contribution in [3.63, 3.8) is 0 Å². The first-order valence-corrected chi connectivity index (χ1v) is 11.8. The number of aromatic nitrogens is 2. The first-order chi connectivity index (χ1) is 18.0. The molecule has 3 N–H and O–H groups in total. The maximum absolute atomic E-state index is 13.1. The summed E-state index contributed by atoms with van der Waals surface area (Å²) in [5.74, 6) is -0.0107. The van der Waals surface area contributed by atoms with E-state index in [9.17, 15) is 14.0 Å². The van der Waals surface area contributed by atoms with Crippen molar-refractivity contribution in [1.29, 1.82) is 0 Å². The topological polar surface area (TPSA) is 105 Å². The molecule has 0 spiro atoms. The zero-order chi connectivity index (χ0) is 25.9. The van der Waals surface area contributed by atoms with Gasteiger partial charge in [-0.15, -0.1) is 0 Å². The maximum atomic E-state index is 13.1. The third-order valence-corrected chi connectivity index (χ3v) is 5.40. The van der Waals surface area contributed by atoms with Crippen LogP contribution >= 0.6 is 0 Å². The predicted octanol–water partition coefficient (Wildman–Crippen LogP) is 4.61. The quantitative estimate of drug-likeness (QED) is 0.262. The molecule has 0 fully saturated rings. The lowest BCUT2D eigenvalue weighted by Crippen LogP contribution is -2.46. The largest absolute Gasteiger partial charge is 0.457 e. The number of aromatic amines is 1. The molecule has 0 aliphatic rings. The molecule has 1 aromatic heterocycles. The Bertz CT molecular complexity index is 1260. The van der Waals surface area contributed by atoms with Crippen molar-refractivity contribution in [1.82, 2.24) is 15.3 Å². The molecule has 0 aliphatic heterocycles. The number of benzene rings is 3. The third-order valence-electron chi connectivity index (χ3n) is 5.40. The Kier molecular flexibility index (Phi) is 8.98. The normalized spacial score (nSPS) is 11.5. The van der Waals surface area contributed by atoms with Crippen LogP contribution in [-0.4, -0.2) is 34.4 Å². The van der Waals surface area contributed by atoms with Crippen LogP contribution in [0.15, 0.2) is 91.4 Å². The van der Waals surface area contributed by atoms with Crippen LogP contribution in [0.3, 0.4) is 0 Å². The van der Waals surface area contributed by atoms with Gasteiger partial charge in [-0.25, -0.2) is 9.37 Å². The molecule has 190 valence electrons. The lowest BCUT2D eigenvalue weighted by atomic mass is 10.2. The Morgan fingerprint density at radius 1 is 0.946 bits per heavy atom. The first kappa shape index (κ1) is 25.6. The summed E-state index contributed by atoms with van der Waals surface area (Å²) in [6, 6.07) is 21.1. The fraction of sp³-hybridized carbons (Fsp3) is 0.179. The molecule has 3 aromatic carbocycles. The maximum Gasteiger partial charge on any atom is 0.249 e. The lowest BCUT2D eigenvalue weighted by Gasteiger charge is -2.19. The molecule has 4 rings (SSSR count). The van der Waals surface area contributed by atoms with E-state index in [-0.39, 0.29) is 24.8 Å². The molecule has 8 nitrogen and oxygen atoms in total. The average molecular weight is 503 g/mol. The standard InChI is InChI=1S/C28H27FN4O4/c29-21-6-11-24(12-7-21)37-25-13-8-22(9-14-25)32-28(35)26(18-36-17-20-4-2-1-3-5-20)33-27(34)15-10-23-16-30-19-31-23/h1-9,11-14,16,19,26H,10,15,17-18H2,(H,30,31)(H,32,35)(H,33,34)/t26-/m0/s1. The monoisotopic (exact) mass is 502 g/mol. The number of carbonyl (C=O) groups excluding carboxylic acids is 2. The van der Waals surface area contributed by atoms with Crippen molar-refractivity contribution >= 4 is 17.5 Å². The van der Waals surface area contributed by atoms with Gasteiger partial charge >= 0.3 is 0 Å². The van der Waals surface area contributed by atoms with Gasteiger partial charge < -0.3 is 25.1 Å². The van der Waals surface area contributed by atoms with E-state index in [1.54, 1.807) is 36.8 Å². The number of nitrogens with zero attached hydrogens (tertiary/aromatic N) is 1. The number of halogens is 1. The number of hydrogen-bond donors (Lipinski definition) is 3. The summed E-state index contributed by atoms with van der Waals surface area (Å²) in [4.78, 5) is 32.5. The summed E-state index contributed by atoms with van der Waals surface area (Å²) < 4.78 is 24.5. The van der Waals surface area contributed by atoms with Crippen LogP contribution < -0.4 is 15.4 Å². The lowest BCUT2D eigenvalue weighted by molar-refractivity contribution is -0.128. The molecule has 37 heavy (non-hydrogen) atoms. The zero-order valence-corrected chi connectivity index (χ0v) is 20.0. The van der Waals surface area contributed by atoms with Gasteiger partial charge in [-0.1, -0.05) is 30.3 Å². The fourth-order valence-electron chi connectivity index (χ4n) is 3.46. The smallest absolute Gasteiger partial charge is 0.249 e. The van der Waals surface area contributed by atoms with E-state index in [0.717, 1.165) is 11.3 Å². The number of aryl methyl sites for hydroxylation is 1. The van der Waals surface area contributed by atoms with Crippen molar-refractivity contribution < 1.29 is 23.5 Å². The molecular weight excluding hydrogens is 475 g/mol. The van der Waals surface area contributed by atoms with E-state index in [4.69, 9.17) is 9.47 Å². The Hall–Kier alpha value is -4.50. The van der Waals surface area contributed by atoms with Gasteiger partial charge in [0, 0.05) is 24.0 Å². The number of H-pyrrole nitrogens is 1. The minimum atomic E-state index is -0.895. The average Bonchev–Trinajstić information content (AvgIpc) is 3.44. The molecule has 0 bridgehead atoms. The third kappa shape index (κ3) is 8.29. The van der Waals surface area contributed by atoms with Crippen molar-refractivity contribution in [2.45, 2.75) is 25.5 Å². The van der Waals surface area contributed by atoms with Crippen LogP contribution in [-0.2, 0) is 27.4 Å². The molecule has 0 aliphatic carbocycles. The Labute approximate surface area is 213 Å². The molecule has 9 heteroatoms. The second kappa shape index (κ2) is 13.0. The highest BCUT2D eigenvalue weighted by Crippen LogP contribution is 2.23. The molecule has 0 radical (unpaired) electrons. The molecular formula is C28H27FN4O4. The van der Waals surface area contributed by atoms with Crippen molar-refractivity contribution in [3.8, 4) is 11.5 Å². The molecule has 0 saturated heterocycles. The van der Waals surface area contributed by atoms with E-state index in [1.807, 2.05) is 30.3 Å². The highest BCUT2D eigenvalue weighted by atomic mass is 19.1. The molecule has 4 aromatic rings. The van der Waals surface area contributed by atoms with Crippen LogP contribution in [0.4, 0.5) is 10.1 Å². The molecule has 1 atom stereocenters. The van der Waals surface area contributed by atoms with Gasteiger partial charge in [0.05, 0.1) is 19.5 Å². The van der Waals surface area contributed by atoms with Crippen molar-refractivity contribution in [3.05, 3.63) is 108 Å². The van der Waals surface area contributed by atoms with E-state index >= 15 is 0 Å². The highest BCUT2D eigenvalue weighted by molar-refractivity contribution is 5.97. The minimum Gasteiger partial charge on any atom is -0.457 e. The fourth-order valence-corrected chi connectivity index (χ4v) is 3.46. The van der Waals surface area contributed by atoms with Crippen LogP contribution in [0.25, 0.3) is 0 Å². The van der Waals surface area contributed by atoms with Crippen LogP contribution in [0.1, 0.15) is 17.7 Å². The summed E-state index contributed by atoms with van der Waals surface area (Å²) in [5.41, 5.74) is 2.32. The number of hydrogen-bond acceptors (Lipinski definition) is 5. The first-order valence-electron chi connectivity index (χ1n) is 11.8. The summed E-state index contributed by atoms with van der Waals surface area (Å²) >= 11 is 0. The van der Waals surface area contributed by atoms with Crippen LogP contribution in [0, 0.1) is 5.82 Å². The van der Waals surface area contributed by atoms with Crippen molar-refractivity contribution in [2.75, 3.05) is 11.9 Å². The molecule has 0 unspecified atom stereocenters. The molecule has 2 amide bonds. The van der Waals surface area contributed by atoms with E-state index in [1.165, 1.54) is 24.3 Å². The van der Waals surface area contributed by atoms with Crippen LogP contribution in [0.5, 0.6) is 11.5 Å². The van der Waals surface area contributed by atoms with Gasteiger partial charge in [0.15, 0.2) is 0 Å². The summed E-state index contributed by atoms with van der Waals surface area (Å²) in [7, 11) is 0. The summed E-state index contributed by atoms with van der Waals surface area (Å²) in [6.07, 6.45) is 3.88. The summed E-state index contributed by atoms with van der Waals surface area (Å²) in [5, 5.41) is 5.58. The molecule has 1 heterocycles. The van der Waals surface area contributed by atoms with Gasteiger partial charge in [0.25, 0.3) is 0 Å². The SMILES string of the molecule is O=C(CCc1cnc[nH]1)N[C@@H](COCc1ccccc1)C(=O)Nc1ccc(Oc2ccc(F)cc2)cc1. The van der Waals surface area contributed by atoms with Gasteiger partial charge in [-0.3, -0.25) is 9.59 Å². The number of amides is 2. The van der Waals surface area contributed by atoms with Gasteiger partial charge in [-0.05, 0) is 60.5 Å². The number of anilines is 1. The van der Waals surface area contributed by atoms with Crippen molar-refractivity contribution in [2.24, 2.45) is 0 Å². The number of carbonyl (C=O) groups is 2. The number of ether oxygens (including phenoxy) is 2. The van der Waals surface area contributed by atoms with Gasteiger partial charge in [0.1, 0.15) is 23.4 Å². The Morgan fingerprint density at radius 3 is 2.32 bits per heavy atom. The highest BCUT2D eigenvalue weighted by Gasteiger charge is 2.21.